The summed E-state index contributed by atoms with van der Waals surface area (Å²) in [7, 11) is 0. The summed E-state index contributed by atoms with van der Waals surface area (Å²) in [4.78, 5) is 46.6. The Bertz CT molecular complexity index is 1310. The maximum absolute atomic E-state index is 12.4. The largest absolute Gasteiger partial charge is 0.462 e. The molecule has 0 aromatic heterocycles. The van der Waals surface area contributed by atoms with Crippen LogP contribution in [-0.4, -0.2) is 37.0 Å². The number of nitrogens with one attached hydrogen (secondary N) is 1. The average Bonchev–Trinajstić information content (AvgIpc) is 2.87. The first-order valence-corrected chi connectivity index (χ1v) is 12.9. The number of benzene rings is 3. The van der Waals surface area contributed by atoms with Crippen LogP contribution in [-0.2, 0) is 14.3 Å². The molecule has 9 nitrogen and oxygen atoms in total. The molecule has 200 valence electrons. The van der Waals surface area contributed by atoms with Gasteiger partial charge in [0.2, 0.25) is 0 Å². The second-order valence-electron chi connectivity index (χ2n) is 7.43. The molecule has 0 fully saturated rings. The molecule has 3 N–H and O–H groups in total. The molecule has 11 heteroatoms. The molecule has 0 aliphatic heterocycles. The van der Waals surface area contributed by atoms with Gasteiger partial charge in [-0.2, -0.15) is 0 Å². The van der Waals surface area contributed by atoms with Gasteiger partial charge in [-0.1, -0.05) is 31.9 Å². The maximum Gasteiger partial charge on any atom is 0.340 e. The molecule has 0 spiro atoms. The topological polar surface area (TPSA) is 134 Å². The molecule has 0 heterocycles. The molecule has 3 aromatic rings. The summed E-state index contributed by atoms with van der Waals surface area (Å²) in [5.74, 6) is -1.40. The molecular weight excluding hydrogens is 624 g/mol. The summed E-state index contributed by atoms with van der Waals surface area (Å²) in [5.41, 5.74) is 7.38. The summed E-state index contributed by atoms with van der Waals surface area (Å²) in [6, 6.07) is 16.1. The van der Waals surface area contributed by atoms with E-state index in [0.717, 1.165) is 4.47 Å². The Morgan fingerprint density at radius 2 is 1.32 bits per heavy atom. The van der Waals surface area contributed by atoms with Gasteiger partial charge in [-0.25, -0.2) is 9.59 Å². The molecule has 1 amide bonds. The monoisotopic (exact) mass is 648 g/mol. The van der Waals surface area contributed by atoms with E-state index in [1.165, 1.54) is 31.2 Å². The fourth-order valence-corrected chi connectivity index (χ4v) is 3.67. The van der Waals surface area contributed by atoms with Gasteiger partial charge in [-0.3, -0.25) is 9.59 Å². The number of ether oxygens (including phenoxy) is 3. The van der Waals surface area contributed by atoms with Crippen molar-refractivity contribution in [3.05, 3.63) is 86.3 Å². The Hall–Kier alpha value is -3.70. The van der Waals surface area contributed by atoms with Crippen molar-refractivity contribution >= 4 is 67.0 Å². The van der Waals surface area contributed by atoms with E-state index in [4.69, 9.17) is 19.9 Å². The van der Waals surface area contributed by atoms with Gasteiger partial charge in [-0.05, 0) is 74.5 Å². The van der Waals surface area contributed by atoms with Gasteiger partial charge in [0.05, 0.1) is 30.0 Å². The van der Waals surface area contributed by atoms with Crippen LogP contribution in [0.25, 0.3) is 0 Å². The molecule has 0 saturated carbocycles. The van der Waals surface area contributed by atoms with E-state index in [1.807, 2.05) is 0 Å². The van der Waals surface area contributed by atoms with Crippen LogP contribution in [0.2, 0.25) is 0 Å². The summed E-state index contributed by atoms with van der Waals surface area (Å²) >= 11 is 6.54. The van der Waals surface area contributed by atoms with Crippen LogP contribution >= 0.6 is 31.9 Å². The lowest BCUT2D eigenvalue weighted by Gasteiger charge is -2.11. The minimum Gasteiger partial charge on any atom is -0.462 e. The lowest BCUT2D eigenvalue weighted by Crippen LogP contribution is -2.16. The number of amides is 1. The summed E-state index contributed by atoms with van der Waals surface area (Å²) in [6.07, 6.45) is 0. The number of nitrogen functional groups attached to an aromatic ring is 1. The lowest BCUT2D eigenvalue weighted by molar-refractivity contribution is -0.131. The van der Waals surface area contributed by atoms with E-state index in [9.17, 15) is 19.2 Å². The Kier molecular flexibility index (Phi) is 12.0. The SMILES string of the molecule is CCOC(=O)c1cc(Br)ccc1N.CCOC(=O)c1cc(Br)ccc1NC(=O)c1ccc(OC(C)=O)cc1. The van der Waals surface area contributed by atoms with Crippen molar-refractivity contribution in [2.24, 2.45) is 0 Å². The van der Waals surface area contributed by atoms with Crippen molar-refractivity contribution in [2.75, 3.05) is 24.3 Å². The molecule has 3 rings (SSSR count). The zero-order valence-corrected chi connectivity index (χ0v) is 24.1. The number of halogens is 2. The van der Waals surface area contributed by atoms with Crippen LogP contribution in [0.1, 0.15) is 51.8 Å². The molecule has 0 aliphatic carbocycles. The quantitative estimate of drug-likeness (QED) is 0.181. The Morgan fingerprint density at radius 1 is 0.789 bits per heavy atom. The van der Waals surface area contributed by atoms with E-state index < -0.39 is 17.8 Å². The lowest BCUT2D eigenvalue weighted by atomic mass is 10.1. The normalized spacial score (nSPS) is 9.92. The summed E-state index contributed by atoms with van der Waals surface area (Å²) in [5, 5.41) is 2.69. The van der Waals surface area contributed by atoms with Crippen molar-refractivity contribution in [3.8, 4) is 5.75 Å². The molecule has 3 aromatic carbocycles. The Labute approximate surface area is 236 Å². The standard InChI is InChI=1S/C18H16BrNO5.C9H10BrNO2/c1-3-24-18(23)15-10-13(19)6-9-16(15)20-17(22)12-4-7-14(8-5-12)25-11(2)21;1-2-13-9(12)7-5-6(10)3-4-8(7)11/h4-10H,3H2,1-2H3,(H,20,22);3-5H,2,11H2,1H3. The fraction of sp³-hybridized carbons (Fsp3) is 0.185. The van der Waals surface area contributed by atoms with E-state index in [1.54, 1.807) is 50.2 Å². The van der Waals surface area contributed by atoms with E-state index >= 15 is 0 Å². The first kappa shape index (κ1) is 30.5. The van der Waals surface area contributed by atoms with Gasteiger partial charge in [0.1, 0.15) is 5.75 Å². The van der Waals surface area contributed by atoms with E-state index in [-0.39, 0.29) is 18.1 Å². The Morgan fingerprint density at radius 3 is 1.87 bits per heavy atom. The number of hydrogen-bond donors (Lipinski definition) is 2. The van der Waals surface area contributed by atoms with Crippen LogP contribution in [0.15, 0.2) is 69.6 Å². The highest BCUT2D eigenvalue weighted by atomic mass is 79.9. The first-order valence-electron chi connectivity index (χ1n) is 11.3. The zero-order valence-electron chi connectivity index (χ0n) is 20.9. The molecule has 0 radical (unpaired) electrons. The number of rotatable bonds is 7. The second-order valence-corrected chi connectivity index (χ2v) is 9.27. The number of nitrogens with two attached hydrogens (primary N) is 1. The van der Waals surface area contributed by atoms with Crippen LogP contribution in [0.3, 0.4) is 0 Å². The smallest absolute Gasteiger partial charge is 0.340 e. The van der Waals surface area contributed by atoms with Crippen molar-refractivity contribution in [3.63, 3.8) is 0 Å². The predicted molar refractivity (Wildman–Crippen MR) is 150 cm³/mol. The van der Waals surface area contributed by atoms with Gasteiger partial charge < -0.3 is 25.3 Å². The third kappa shape index (κ3) is 9.31. The number of hydrogen-bond acceptors (Lipinski definition) is 8. The zero-order chi connectivity index (χ0) is 28.2. The highest BCUT2D eigenvalue weighted by Crippen LogP contribution is 2.23. The van der Waals surface area contributed by atoms with E-state index in [0.29, 0.717) is 39.3 Å². The Balaban J connectivity index is 0.000000328. The highest BCUT2D eigenvalue weighted by Gasteiger charge is 2.16. The minimum atomic E-state index is -0.524. The third-order valence-electron chi connectivity index (χ3n) is 4.61. The van der Waals surface area contributed by atoms with Crippen molar-refractivity contribution in [1.29, 1.82) is 0 Å². The van der Waals surface area contributed by atoms with Crippen molar-refractivity contribution in [2.45, 2.75) is 20.8 Å². The number of anilines is 2. The van der Waals surface area contributed by atoms with Crippen molar-refractivity contribution in [1.82, 2.24) is 0 Å². The van der Waals surface area contributed by atoms with Gasteiger partial charge in [0.25, 0.3) is 5.91 Å². The first-order chi connectivity index (χ1) is 18.0. The van der Waals surface area contributed by atoms with Crippen molar-refractivity contribution < 1.29 is 33.4 Å². The van der Waals surface area contributed by atoms with E-state index in [2.05, 4.69) is 37.2 Å². The molecule has 0 saturated heterocycles. The number of carbonyl (C=O) groups excluding carboxylic acids is 4. The van der Waals surface area contributed by atoms with Gasteiger partial charge in [0, 0.05) is 27.1 Å². The summed E-state index contributed by atoms with van der Waals surface area (Å²) in [6.45, 7) is 5.34. The molecule has 0 bridgehead atoms. The van der Waals surface area contributed by atoms with Gasteiger partial charge in [-0.15, -0.1) is 0 Å². The third-order valence-corrected chi connectivity index (χ3v) is 5.60. The summed E-state index contributed by atoms with van der Waals surface area (Å²) < 4.78 is 16.3. The van der Waals surface area contributed by atoms with Crippen LogP contribution in [0.5, 0.6) is 5.75 Å². The van der Waals surface area contributed by atoms with Crippen LogP contribution < -0.4 is 15.8 Å². The number of carbonyl (C=O) groups is 4. The van der Waals surface area contributed by atoms with Gasteiger partial charge in [0.15, 0.2) is 0 Å². The average molecular weight is 650 g/mol. The minimum absolute atomic E-state index is 0.232. The molecule has 0 atom stereocenters. The highest BCUT2D eigenvalue weighted by molar-refractivity contribution is 9.10. The van der Waals surface area contributed by atoms with Crippen LogP contribution in [0, 0.1) is 0 Å². The molecule has 0 unspecified atom stereocenters. The predicted octanol–water partition coefficient (Wildman–Crippen LogP) is 6.01. The maximum atomic E-state index is 12.4. The second kappa shape index (κ2) is 14.9. The fourth-order valence-electron chi connectivity index (χ4n) is 2.95. The van der Waals surface area contributed by atoms with Gasteiger partial charge >= 0.3 is 17.9 Å². The molecule has 0 aliphatic rings. The molecular formula is C27H26Br2N2O7. The van der Waals surface area contributed by atoms with Crippen LogP contribution in [0.4, 0.5) is 11.4 Å². The molecule has 38 heavy (non-hydrogen) atoms. The number of esters is 3.